The normalized spacial score (nSPS) is 9.65. The quantitative estimate of drug-likeness (QED) is 0.612. The molecule has 6 heteroatoms. The van der Waals surface area contributed by atoms with Crippen molar-refractivity contribution in [1.29, 1.82) is 0 Å². The van der Waals surface area contributed by atoms with Crippen LogP contribution >= 0.6 is 27.3 Å². The van der Waals surface area contributed by atoms with Gasteiger partial charge in [-0.2, -0.15) is 0 Å². The molecule has 0 radical (unpaired) electrons. The minimum atomic E-state index is 0.375. The number of thiophene rings is 1. The molecule has 2 aromatic rings. The predicted molar refractivity (Wildman–Crippen MR) is 85.4 cm³/mol. The average Bonchev–Trinajstić information content (AvgIpc) is 2.79. The minimum Gasteiger partial charge on any atom is -0.493 e. The van der Waals surface area contributed by atoms with Gasteiger partial charge in [-0.1, -0.05) is 15.9 Å². The highest BCUT2D eigenvalue weighted by Gasteiger charge is 2.12. The van der Waals surface area contributed by atoms with Crippen molar-refractivity contribution in [3.63, 3.8) is 0 Å². The van der Waals surface area contributed by atoms with Gasteiger partial charge in [0.25, 0.3) is 6.47 Å². The summed E-state index contributed by atoms with van der Waals surface area (Å²) < 4.78 is 15.7. The number of halogens is 1. The molecule has 0 saturated heterocycles. The van der Waals surface area contributed by atoms with Crippen LogP contribution in [0, 0.1) is 6.92 Å². The van der Waals surface area contributed by atoms with Crippen LogP contribution in [0.25, 0.3) is 10.1 Å². The van der Waals surface area contributed by atoms with Crippen molar-refractivity contribution < 1.29 is 19.0 Å². The fourth-order valence-corrected chi connectivity index (χ4v) is 3.76. The fraction of sp³-hybridized carbons (Fsp3) is 0.357. The summed E-state index contributed by atoms with van der Waals surface area (Å²) in [5, 5.41) is 2.12. The molecule has 4 nitrogen and oxygen atoms in total. The maximum atomic E-state index is 8.95. The third-order valence-corrected chi connectivity index (χ3v) is 4.40. The number of rotatable bonds is 4. The number of hydrogen-bond acceptors (Lipinski definition) is 5. The molecule has 0 aliphatic heterocycles. The molecular weight excluding hydrogens is 344 g/mol. The Kier molecular flexibility index (Phi) is 6.81. The van der Waals surface area contributed by atoms with E-state index < -0.39 is 0 Å². The molecule has 0 amide bonds. The summed E-state index contributed by atoms with van der Waals surface area (Å²) >= 11 is 5.31. The van der Waals surface area contributed by atoms with E-state index in [0.29, 0.717) is 6.47 Å². The number of carbonyl (C=O) groups excluding carboxylic acids is 1. The zero-order valence-electron chi connectivity index (χ0n) is 11.9. The highest BCUT2D eigenvalue weighted by atomic mass is 79.9. The number of hydrogen-bond donors (Lipinski definition) is 0. The Morgan fingerprint density at radius 3 is 2.20 bits per heavy atom. The predicted octanol–water partition coefficient (Wildman–Crippen LogP) is 3.91. The molecule has 2 rings (SSSR count). The van der Waals surface area contributed by atoms with Gasteiger partial charge in [-0.05, 0) is 18.6 Å². The van der Waals surface area contributed by atoms with E-state index in [1.54, 1.807) is 25.6 Å². The van der Waals surface area contributed by atoms with E-state index in [0.717, 1.165) is 16.8 Å². The molecule has 20 heavy (non-hydrogen) atoms. The smallest absolute Gasteiger partial charge is 0.292 e. The average molecular weight is 361 g/mol. The van der Waals surface area contributed by atoms with Gasteiger partial charge in [-0.3, -0.25) is 4.79 Å². The van der Waals surface area contributed by atoms with Crippen LogP contribution in [0.2, 0.25) is 0 Å². The minimum absolute atomic E-state index is 0.375. The summed E-state index contributed by atoms with van der Waals surface area (Å²) in [6.45, 7) is 2.51. The zero-order valence-corrected chi connectivity index (χ0v) is 14.3. The lowest BCUT2D eigenvalue weighted by molar-refractivity contribution is -0.126. The summed E-state index contributed by atoms with van der Waals surface area (Å²) in [5.74, 6) is 1.58. The Bertz CT molecular complexity index is 580. The Hall–Kier alpha value is -1.27. The molecule has 0 atom stereocenters. The van der Waals surface area contributed by atoms with Gasteiger partial charge in [0.05, 0.1) is 21.3 Å². The molecule has 0 bridgehead atoms. The topological polar surface area (TPSA) is 44.8 Å². The molecule has 0 unspecified atom stereocenters. The maximum Gasteiger partial charge on any atom is 0.292 e. The van der Waals surface area contributed by atoms with Gasteiger partial charge in [0, 0.05) is 26.4 Å². The van der Waals surface area contributed by atoms with Crippen LogP contribution in [0.3, 0.4) is 0 Å². The van der Waals surface area contributed by atoms with E-state index in [1.807, 2.05) is 12.1 Å². The van der Waals surface area contributed by atoms with Crippen molar-refractivity contribution in [2.75, 3.05) is 21.3 Å². The van der Waals surface area contributed by atoms with Gasteiger partial charge >= 0.3 is 0 Å². The molecular formula is C14H17BrO4S. The molecule has 0 saturated carbocycles. The van der Waals surface area contributed by atoms with E-state index in [-0.39, 0.29) is 0 Å². The second kappa shape index (κ2) is 8.11. The summed E-state index contributed by atoms with van der Waals surface area (Å²) in [7, 11) is 4.64. The SMILES string of the molecule is COC=O.COc1cc2sc(C)c(CBr)c2cc1OC. The first-order valence-electron chi connectivity index (χ1n) is 5.79. The molecule has 0 aliphatic carbocycles. The zero-order chi connectivity index (χ0) is 15.1. The highest BCUT2D eigenvalue weighted by molar-refractivity contribution is 9.08. The van der Waals surface area contributed by atoms with Gasteiger partial charge in [0.1, 0.15) is 0 Å². The molecule has 1 aromatic carbocycles. The summed E-state index contributed by atoms with van der Waals surface area (Å²) in [5.41, 5.74) is 1.33. The van der Waals surface area contributed by atoms with E-state index in [2.05, 4.69) is 27.6 Å². The number of methoxy groups -OCH3 is 3. The Labute approximate surface area is 130 Å². The van der Waals surface area contributed by atoms with Gasteiger partial charge in [0.2, 0.25) is 0 Å². The highest BCUT2D eigenvalue weighted by Crippen LogP contribution is 2.39. The van der Waals surface area contributed by atoms with E-state index in [4.69, 9.17) is 14.3 Å². The maximum absolute atomic E-state index is 8.95. The lowest BCUT2D eigenvalue weighted by Gasteiger charge is -2.07. The van der Waals surface area contributed by atoms with Gasteiger partial charge in [0.15, 0.2) is 11.5 Å². The second-order valence-corrected chi connectivity index (χ2v) is 5.62. The van der Waals surface area contributed by atoms with E-state index in [1.165, 1.54) is 27.6 Å². The molecule has 0 spiro atoms. The first-order chi connectivity index (χ1) is 9.62. The third-order valence-electron chi connectivity index (χ3n) is 2.73. The number of carbonyl (C=O) groups is 1. The summed E-state index contributed by atoms with van der Waals surface area (Å²) in [4.78, 5) is 10.3. The number of ether oxygens (including phenoxy) is 3. The fourth-order valence-electron chi connectivity index (χ4n) is 1.76. The number of fused-ring (bicyclic) bond motifs is 1. The second-order valence-electron chi connectivity index (χ2n) is 3.81. The van der Waals surface area contributed by atoms with Crippen LogP contribution < -0.4 is 9.47 Å². The van der Waals surface area contributed by atoms with Crippen molar-refractivity contribution in [1.82, 2.24) is 0 Å². The number of alkyl halides is 1. The van der Waals surface area contributed by atoms with Crippen molar-refractivity contribution in [2.24, 2.45) is 0 Å². The van der Waals surface area contributed by atoms with Crippen molar-refractivity contribution in [3.8, 4) is 11.5 Å². The van der Waals surface area contributed by atoms with Gasteiger partial charge < -0.3 is 14.2 Å². The van der Waals surface area contributed by atoms with Crippen LogP contribution in [0.15, 0.2) is 12.1 Å². The van der Waals surface area contributed by atoms with Crippen molar-refractivity contribution >= 4 is 43.8 Å². The number of benzene rings is 1. The molecule has 0 fully saturated rings. The molecule has 110 valence electrons. The molecule has 1 aromatic heterocycles. The first kappa shape index (κ1) is 16.8. The Morgan fingerprint density at radius 1 is 1.20 bits per heavy atom. The van der Waals surface area contributed by atoms with Gasteiger partial charge in [-0.25, -0.2) is 0 Å². The van der Waals surface area contributed by atoms with Crippen LogP contribution in [0.4, 0.5) is 0 Å². The lowest BCUT2D eigenvalue weighted by atomic mass is 10.1. The van der Waals surface area contributed by atoms with E-state index >= 15 is 0 Å². The lowest BCUT2D eigenvalue weighted by Crippen LogP contribution is -1.90. The van der Waals surface area contributed by atoms with Crippen LogP contribution in [-0.2, 0) is 14.9 Å². The van der Waals surface area contributed by atoms with E-state index in [9.17, 15) is 0 Å². The van der Waals surface area contributed by atoms with Gasteiger partial charge in [-0.15, -0.1) is 11.3 Å². The number of aryl methyl sites for hydroxylation is 1. The molecule has 0 N–H and O–H groups in total. The standard InChI is InChI=1S/C12H13BrO2S.C2H4O2/c1-7-9(6-13)8-4-10(14-2)11(15-3)5-12(8)16-7;1-4-2-3/h4-5H,6H2,1-3H3;2H,1H3. The first-order valence-corrected chi connectivity index (χ1v) is 7.73. The van der Waals surface area contributed by atoms with Crippen LogP contribution in [-0.4, -0.2) is 27.8 Å². The largest absolute Gasteiger partial charge is 0.493 e. The van der Waals surface area contributed by atoms with Crippen molar-refractivity contribution in [3.05, 3.63) is 22.6 Å². The van der Waals surface area contributed by atoms with Crippen LogP contribution in [0.5, 0.6) is 11.5 Å². The monoisotopic (exact) mass is 360 g/mol. The summed E-state index contributed by atoms with van der Waals surface area (Å²) in [6.07, 6.45) is 0. The Balaban J connectivity index is 0.000000444. The Morgan fingerprint density at radius 2 is 1.75 bits per heavy atom. The molecule has 0 aliphatic rings. The summed E-state index contributed by atoms with van der Waals surface area (Å²) in [6, 6.07) is 4.09. The molecule has 1 heterocycles. The van der Waals surface area contributed by atoms with Crippen LogP contribution in [0.1, 0.15) is 10.4 Å². The van der Waals surface area contributed by atoms with Crippen molar-refractivity contribution in [2.45, 2.75) is 12.3 Å². The third kappa shape index (κ3) is 3.64.